The van der Waals surface area contributed by atoms with Crippen LogP contribution in [0.25, 0.3) is 0 Å². The smallest absolute Gasteiger partial charge is 0.275 e. The Morgan fingerprint density at radius 3 is 2.80 bits per heavy atom. The molecule has 8 heteroatoms. The minimum Gasteiger partial charge on any atom is -0.320 e. The zero-order chi connectivity index (χ0) is 14.8. The molecule has 0 atom stereocenters. The van der Waals surface area contributed by atoms with Crippen molar-refractivity contribution in [2.45, 2.75) is 18.4 Å². The fourth-order valence-electron chi connectivity index (χ4n) is 1.46. The number of nitrogens with one attached hydrogen (secondary N) is 1. The number of hydrogen-bond acceptors (Lipinski definition) is 6. The lowest BCUT2D eigenvalue weighted by molar-refractivity contribution is 0.102. The third-order valence-electron chi connectivity index (χ3n) is 2.46. The Kier molecular flexibility index (Phi) is 4.15. The molecule has 0 aliphatic rings. The molecule has 2 rings (SSSR count). The molecule has 1 N–H and O–H groups in total. The van der Waals surface area contributed by atoms with Gasteiger partial charge in [0.2, 0.25) is 0 Å². The van der Waals surface area contributed by atoms with E-state index in [0.29, 0.717) is 11.4 Å². The second-order valence-electron chi connectivity index (χ2n) is 4.09. The van der Waals surface area contributed by atoms with Crippen molar-refractivity contribution in [3.05, 3.63) is 34.4 Å². The van der Waals surface area contributed by atoms with Crippen LogP contribution in [0.3, 0.4) is 0 Å². The molecule has 0 saturated heterocycles. The first-order chi connectivity index (χ1) is 9.40. The normalized spacial score (nSPS) is 11.3. The zero-order valence-corrected chi connectivity index (χ0v) is 12.6. The number of thiazole rings is 1. The molecule has 2 aromatic heterocycles. The third-order valence-corrected chi connectivity index (χ3v) is 4.44. The summed E-state index contributed by atoms with van der Waals surface area (Å²) in [7, 11) is -3.40. The number of aryl methyl sites for hydroxylation is 1. The van der Waals surface area contributed by atoms with Crippen molar-refractivity contribution in [1.82, 2.24) is 9.97 Å². The fraction of sp³-hybridized carbons (Fsp3) is 0.250. The number of aromatic nitrogens is 2. The summed E-state index contributed by atoms with van der Waals surface area (Å²) in [5, 5.41) is 5.08. The number of nitrogens with zero attached hydrogens (tertiary/aromatic N) is 2. The quantitative estimate of drug-likeness (QED) is 0.929. The van der Waals surface area contributed by atoms with Crippen molar-refractivity contribution in [2.24, 2.45) is 0 Å². The topological polar surface area (TPSA) is 89.0 Å². The van der Waals surface area contributed by atoms with Gasteiger partial charge in [-0.2, -0.15) is 0 Å². The lowest BCUT2D eigenvalue weighted by atomic mass is 10.3. The van der Waals surface area contributed by atoms with E-state index in [4.69, 9.17) is 0 Å². The van der Waals surface area contributed by atoms with Gasteiger partial charge in [-0.25, -0.2) is 18.4 Å². The summed E-state index contributed by atoms with van der Waals surface area (Å²) in [6.07, 6.45) is 3.17. The second kappa shape index (κ2) is 5.68. The Hall–Kier alpha value is -1.80. The van der Waals surface area contributed by atoms with E-state index in [2.05, 4.69) is 15.3 Å². The molecule has 2 heterocycles. The minimum absolute atomic E-state index is 0.0807. The molecule has 2 aromatic rings. The third kappa shape index (κ3) is 3.40. The summed E-state index contributed by atoms with van der Waals surface area (Å²) in [6, 6.07) is 2.85. The Bertz CT molecular complexity index is 738. The lowest BCUT2D eigenvalue weighted by Gasteiger charge is -2.04. The van der Waals surface area contributed by atoms with Crippen LogP contribution >= 0.6 is 11.3 Å². The van der Waals surface area contributed by atoms with Crippen LogP contribution in [-0.2, 0) is 16.3 Å². The number of carbonyl (C=O) groups is 1. The number of sulfone groups is 1. The number of carbonyl (C=O) groups excluding carboxylic acids is 1. The van der Waals surface area contributed by atoms with Gasteiger partial charge in [0.25, 0.3) is 5.91 Å². The van der Waals surface area contributed by atoms with Gasteiger partial charge >= 0.3 is 0 Å². The molecule has 0 saturated carbocycles. The minimum atomic E-state index is -3.40. The first-order valence-corrected chi connectivity index (χ1v) is 8.59. The van der Waals surface area contributed by atoms with E-state index in [9.17, 15) is 13.2 Å². The van der Waals surface area contributed by atoms with Crippen LogP contribution in [0.5, 0.6) is 0 Å². The highest BCUT2D eigenvalue weighted by Crippen LogP contribution is 2.15. The summed E-state index contributed by atoms with van der Waals surface area (Å²) in [5.74, 6) is -0.369. The van der Waals surface area contributed by atoms with Gasteiger partial charge in [-0.3, -0.25) is 4.79 Å². The number of rotatable bonds is 4. The predicted octanol–water partition coefficient (Wildman–Crippen LogP) is 1.76. The van der Waals surface area contributed by atoms with Crippen molar-refractivity contribution in [3.8, 4) is 0 Å². The van der Waals surface area contributed by atoms with Crippen molar-refractivity contribution in [3.63, 3.8) is 0 Å². The van der Waals surface area contributed by atoms with E-state index in [0.717, 1.165) is 17.7 Å². The van der Waals surface area contributed by atoms with Crippen LogP contribution in [0.1, 0.15) is 22.4 Å². The van der Waals surface area contributed by atoms with E-state index < -0.39 is 9.84 Å². The maximum atomic E-state index is 12.0. The average Bonchev–Trinajstić information content (AvgIpc) is 2.87. The molecule has 0 unspecified atom stereocenters. The van der Waals surface area contributed by atoms with E-state index in [-0.39, 0.29) is 10.9 Å². The summed E-state index contributed by atoms with van der Waals surface area (Å²) in [6.45, 7) is 1.96. The largest absolute Gasteiger partial charge is 0.320 e. The SMILES string of the molecule is CCc1nc(C(=O)Nc2ccnc(S(C)(=O)=O)c2)cs1. The number of anilines is 1. The summed E-state index contributed by atoms with van der Waals surface area (Å²) in [4.78, 5) is 19.9. The lowest BCUT2D eigenvalue weighted by Crippen LogP contribution is -2.13. The molecule has 0 aliphatic heterocycles. The highest BCUT2D eigenvalue weighted by Gasteiger charge is 2.13. The summed E-state index contributed by atoms with van der Waals surface area (Å²) in [5.41, 5.74) is 0.695. The molecule has 20 heavy (non-hydrogen) atoms. The first-order valence-electron chi connectivity index (χ1n) is 5.82. The van der Waals surface area contributed by atoms with E-state index in [1.165, 1.54) is 29.7 Å². The van der Waals surface area contributed by atoms with Gasteiger partial charge in [-0.1, -0.05) is 6.92 Å². The Labute approximate surface area is 120 Å². The van der Waals surface area contributed by atoms with Gasteiger partial charge < -0.3 is 5.32 Å². The second-order valence-corrected chi connectivity index (χ2v) is 6.99. The molecule has 0 aliphatic carbocycles. The fourth-order valence-corrected chi connectivity index (χ4v) is 2.78. The summed E-state index contributed by atoms with van der Waals surface area (Å²) >= 11 is 1.42. The molecule has 106 valence electrons. The Balaban J connectivity index is 2.20. The standard InChI is InChI=1S/C12H13N3O3S2/c1-3-10-15-9(7-19-10)12(16)14-8-4-5-13-11(6-8)20(2,17)18/h4-7H,3H2,1-2H3,(H,13,14,16). The van der Waals surface area contributed by atoms with Gasteiger partial charge in [0.1, 0.15) is 5.69 Å². The maximum Gasteiger partial charge on any atom is 0.275 e. The van der Waals surface area contributed by atoms with Crippen LogP contribution in [0.2, 0.25) is 0 Å². The van der Waals surface area contributed by atoms with Gasteiger partial charge in [0.15, 0.2) is 14.9 Å². The van der Waals surface area contributed by atoms with Gasteiger partial charge in [0.05, 0.1) is 5.01 Å². The van der Waals surface area contributed by atoms with E-state index in [1.54, 1.807) is 5.38 Å². The van der Waals surface area contributed by atoms with E-state index in [1.807, 2.05) is 6.92 Å². The number of amides is 1. The van der Waals surface area contributed by atoms with Crippen LogP contribution in [0.4, 0.5) is 5.69 Å². The van der Waals surface area contributed by atoms with Crippen LogP contribution < -0.4 is 5.32 Å². The van der Waals surface area contributed by atoms with Crippen LogP contribution in [0, 0.1) is 0 Å². The molecular formula is C12H13N3O3S2. The molecule has 0 spiro atoms. The van der Waals surface area contributed by atoms with Gasteiger partial charge in [-0.05, 0) is 18.6 Å². The van der Waals surface area contributed by atoms with Gasteiger partial charge in [-0.15, -0.1) is 11.3 Å². The zero-order valence-electron chi connectivity index (χ0n) is 11.0. The van der Waals surface area contributed by atoms with Crippen molar-refractivity contribution in [1.29, 1.82) is 0 Å². The summed E-state index contributed by atoms with van der Waals surface area (Å²) < 4.78 is 22.8. The Morgan fingerprint density at radius 1 is 1.45 bits per heavy atom. The van der Waals surface area contributed by atoms with Crippen LogP contribution in [-0.4, -0.2) is 30.5 Å². The van der Waals surface area contributed by atoms with Crippen LogP contribution in [0.15, 0.2) is 28.7 Å². The predicted molar refractivity (Wildman–Crippen MR) is 76.8 cm³/mol. The molecule has 0 aromatic carbocycles. The molecule has 1 amide bonds. The molecular weight excluding hydrogens is 298 g/mol. The number of hydrogen-bond donors (Lipinski definition) is 1. The average molecular weight is 311 g/mol. The first kappa shape index (κ1) is 14.6. The Morgan fingerprint density at radius 2 is 2.20 bits per heavy atom. The van der Waals surface area contributed by atoms with Crippen molar-refractivity contribution < 1.29 is 13.2 Å². The van der Waals surface area contributed by atoms with Crippen molar-refractivity contribution in [2.75, 3.05) is 11.6 Å². The molecule has 0 radical (unpaired) electrons. The van der Waals surface area contributed by atoms with Crippen molar-refractivity contribution >= 4 is 32.8 Å². The highest BCUT2D eigenvalue weighted by atomic mass is 32.2. The highest BCUT2D eigenvalue weighted by molar-refractivity contribution is 7.90. The molecule has 0 bridgehead atoms. The molecule has 6 nitrogen and oxygen atoms in total. The number of pyridine rings is 1. The van der Waals surface area contributed by atoms with Gasteiger partial charge in [0, 0.05) is 23.5 Å². The monoisotopic (exact) mass is 311 g/mol. The molecule has 0 fully saturated rings. The van der Waals surface area contributed by atoms with E-state index >= 15 is 0 Å². The maximum absolute atomic E-state index is 12.0.